The molecule has 0 bridgehead atoms. The van der Waals surface area contributed by atoms with Gasteiger partial charge >= 0.3 is 0 Å². The minimum atomic E-state index is -0.799. The van der Waals surface area contributed by atoms with Crippen LogP contribution < -0.4 is 0 Å². The Morgan fingerprint density at radius 3 is 0.643 bits per heavy atom. The van der Waals surface area contributed by atoms with Crippen LogP contribution >= 0.6 is 0 Å². The van der Waals surface area contributed by atoms with E-state index in [-0.39, 0.29) is 18.9 Å². The molecular formula is C12H27AlLi. The van der Waals surface area contributed by atoms with Crippen molar-refractivity contribution in [1.29, 1.82) is 0 Å². The molecule has 0 saturated heterocycles. The van der Waals surface area contributed by atoms with Gasteiger partial charge in [-0.05, 0) is 0 Å². The van der Waals surface area contributed by atoms with Crippen LogP contribution in [0.25, 0.3) is 0 Å². The summed E-state index contributed by atoms with van der Waals surface area (Å²) in [5, 5.41) is 0. The summed E-state index contributed by atoms with van der Waals surface area (Å²) in [4.78, 5) is 0. The molecule has 0 nitrogen and oxygen atoms in total. The van der Waals surface area contributed by atoms with Crippen molar-refractivity contribution in [2.75, 3.05) is 0 Å². The van der Waals surface area contributed by atoms with Crippen molar-refractivity contribution in [3.8, 4) is 0 Å². The molecule has 0 saturated carbocycles. The van der Waals surface area contributed by atoms with Gasteiger partial charge < -0.3 is 0 Å². The predicted octanol–water partition coefficient (Wildman–Crippen LogP) is 4.50. The number of hydrogen-bond acceptors (Lipinski definition) is 0. The molecule has 0 fully saturated rings. The zero-order valence-corrected chi connectivity index (χ0v) is 13.2. The monoisotopic (exact) mass is 205 g/mol. The van der Waals surface area contributed by atoms with Gasteiger partial charge in [-0.1, -0.05) is 75.1 Å². The van der Waals surface area contributed by atoms with Gasteiger partial charge in [-0.15, -0.1) is 0 Å². The molecule has 0 aliphatic heterocycles. The molecule has 0 rings (SSSR count). The SMILES string of the molecule is C[C](C)(C)[Al]([C](C)(C)C)[C](C)(C)C.[Li]. The molecule has 0 heterocycles. The fraction of sp³-hybridized carbons (Fsp3) is 1.00. The van der Waals surface area contributed by atoms with Crippen LogP contribution in [0.3, 0.4) is 0 Å². The Labute approximate surface area is 108 Å². The maximum atomic E-state index is 2.42. The Kier molecular flexibility index (Phi) is 6.23. The molecule has 0 aromatic heterocycles. The number of rotatable bonds is 0. The summed E-state index contributed by atoms with van der Waals surface area (Å²) < 4.78 is 1.57. The molecule has 0 spiro atoms. The van der Waals surface area contributed by atoms with Crippen LogP contribution in [0.4, 0.5) is 0 Å². The van der Waals surface area contributed by atoms with Gasteiger partial charge in [0.25, 0.3) is 14.1 Å². The zero-order valence-electron chi connectivity index (χ0n) is 12.1. The van der Waals surface area contributed by atoms with Crippen molar-refractivity contribution < 1.29 is 0 Å². The molecule has 0 atom stereocenters. The van der Waals surface area contributed by atoms with Gasteiger partial charge in [-0.3, -0.25) is 0 Å². The van der Waals surface area contributed by atoms with E-state index < -0.39 is 14.1 Å². The Bertz CT molecular complexity index is 133. The second-order valence-corrected chi connectivity index (χ2v) is 13.6. The summed E-state index contributed by atoms with van der Waals surface area (Å²) in [5.41, 5.74) is 0. The van der Waals surface area contributed by atoms with Gasteiger partial charge in [-0.25, -0.2) is 0 Å². The van der Waals surface area contributed by atoms with Gasteiger partial charge in [0, 0.05) is 18.9 Å². The molecule has 0 N–H and O–H groups in total. The summed E-state index contributed by atoms with van der Waals surface area (Å²) >= 11 is -0.799. The second kappa shape index (κ2) is 4.97. The van der Waals surface area contributed by atoms with Crippen LogP contribution in [-0.4, -0.2) is 33.0 Å². The fourth-order valence-corrected chi connectivity index (χ4v) is 11.7. The van der Waals surface area contributed by atoms with Crippen molar-refractivity contribution in [2.45, 2.75) is 75.1 Å². The molecule has 14 heavy (non-hydrogen) atoms. The van der Waals surface area contributed by atoms with E-state index in [1.54, 1.807) is 0 Å². The normalized spacial score (nSPS) is 13.5. The Morgan fingerprint density at radius 2 is 0.643 bits per heavy atom. The summed E-state index contributed by atoms with van der Waals surface area (Å²) in [6.45, 7) is 21.8. The van der Waals surface area contributed by atoms with Crippen molar-refractivity contribution in [3.05, 3.63) is 0 Å². The maximum absolute atomic E-state index is 2.42. The van der Waals surface area contributed by atoms with E-state index in [0.717, 1.165) is 0 Å². The Balaban J connectivity index is 0. The minimum absolute atomic E-state index is 0. The quantitative estimate of drug-likeness (QED) is 0.511. The van der Waals surface area contributed by atoms with E-state index in [9.17, 15) is 0 Å². The molecule has 0 amide bonds. The molecule has 1 radical (unpaired) electrons. The van der Waals surface area contributed by atoms with E-state index >= 15 is 0 Å². The second-order valence-electron chi connectivity index (χ2n) is 7.53. The van der Waals surface area contributed by atoms with Crippen LogP contribution in [0.2, 0.25) is 12.8 Å². The van der Waals surface area contributed by atoms with Crippen LogP contribution in [0.15, 0.2) is 0 Å². The summed E-state index contributed by atoms with van der Waals surface area (Å²) in [6.07, 6.45) is 0. The van der Waals surface area contributed by atoms with E-state index in [1.165, 1.54) is 0 Å². The van der Waals surface area contributed by atoms with Gasteiger partial charge in [0.05, 0.1) is 0 Å². The molecule has 0 aromatic carbocycles. The number of hydrogen-bond donors (Lipinski definition) is 0. The van der Waals surface area contributed by atoms with Crippen LogP contribution in [0.1, 0.15) is 62.3 Å². The zero-order chi connectivity index (χ0) is 11.1. The molecule has 79 valence electrons. The molecular weight excluding hydrogens is 178 g/mol. The first kappa shape index (κ1) is 17.5. The van der Waals surface area contributed by atoms with Crippen LogP contribution in [0, 0.1) is 0 Å². The van der Waals surface area contributed by atoms with Crippen LogP contribution in [0.5, 0.6) is 0 Å². The third kappa shape index (κ3) is 5.28. The molecule has 0 aromatic rings. The maximum Gasteiger partial charge on any atom is 0.279 e. The van der Waals surface area contributed by atoms with Crippen molar-refractivity contribution in [1.82, 2.24) is 0 Å². The van der Waals surface area contributed by atoms with Gasteiger partial charge in [-0.2, -0.15) is 0 Å². The van der Waals surface area contributed by atoms with Crippen LogP contribution in [-0.2, 0) is 0 Å². The third-order valence-corrected chi connectivity index (χ3v) is 7.79. The average Bonchev–Trinajstić information content (AvgIpc) is 1.44. The van der Waals surface area contributed by atoms with E-state index in [2.05, 4.69) is 62.3 Å². The largest absolute Gasteiger partial charge is 0.279 e. The molecule has 0 aliphatic rings. The average molecular weight is 205 g/mol. The first-order valence-electron chi connectivity index (χ1n) is 5.37. The van der Waals surface area contributed by atoms with Gasteiger partial charge in [0.1, 0.15) is 0 Å². The topological polar surface area (TPSA) is 0 Å². The van der Waals surface area contributed by atoms with Gasteiger partial charge in [0.15, 0.2) is 0 Å². The van der Waals surface area contributed by atoms with Crippen molar-refractivity contribution in [3.63, 3.8) is 0 Å². The van der Waals surface area contributed by atoms with Gasteiger partial charge in [0.2, 0.25) is 0 Å². The standard InChI is InChI=1S/3C4H9.Al.Li/c3*1-4(2)3;;/h3*1-3H3;;. The summed E-state index contributed by atoms with van der Waals surface area (Å²) in [5.74, 6) is 0. The third-order valence-electron chi connectivity index (χ3n) is 2.60. The Hall–Kier alpha value is 1.13. The minimum Gasteiger partial charge on any atom is -0.0779 e. The first-order valence-corrected chi connectivity index (χ1v) is 7.10. The Morgan fingerprint density at radius 1 is 0.500 bits per heavy atom. The fourth-order valence-electron chi connectivity index (χ4n) is 3.90. The summed E-state index contributed by atoms with van der Waals surface area (Å²) in [6, 6.07) is 0. The molecule has 0 unspecified atom stereocenters. The molecule has 2 heteroatoms. The van der Waals surface area contributed by atoms with E-state index in [4.69, 9.17) is 0 Å². The van der Waals surface area contributed by atoms with Crippen molar-refractivity contribution >= 4 is 33.0 Å². The first-order chi connectivity index (χ1) is 5.37. The van der Waals surface area contributed by atoms with E-state index in [0.29, 0.717) is 12.8 Å². The predicted molar refractivity (Wildman–Crippen MR) is 70.7 cm³/mol. The van der Waals surface area contributed by atoms with Crippen molar-refractivity contribution in [2.24, 2.45) is 0 Å². The molecule has 0 aliphatic carbocycles. The smallest absolute Gasteiger partial charge is 0.0779 e. The van der Waals surface area contributed by atoms with E-state index in [1.807, 2.05) is 0 Å². The summed E-state index contributed by atoms with van der Waals surface area (Å²) in [7, 11) is 0.